The van der Waals surface area contributed by atoms with E-state index in [1.54, 1.807) is 0 Å². The summed E-state index contributed by atoms with van der Waals surface area (Å²) in [4.78, 5) is 5.59. The van der Waals surface area contributed by atoms with E-state index in [1.807, 2.05) is 54.6 Å². The molecule has 0 radical (unpaired) electrons. The van der Waals surface area contributed by atoms with E-state index in [-0.39, 0.29) is 5.84 Å². The summed E-state index contributed by atoms with van der Waals surface area (Å²) in [6, 6.07) is 17.2. The first kappa shape index (κ1) is 13.9. The number of pyridine rings is 1. The van der Waals surface area contributed by atoms with Gasteiger partial charge in [-0.2, -0.15) is 0 Å². The van der Waals surface area contributed by atoms with E-state index in [0.29, 0.717) is 15.6 Å². The number of halogens is 1. The molecule has 0 saturated carbocycles. The lowest BCUT2D eigenvalue weighted by Crippen LogP contribution is -2.13. The standard InChI is InChI=1S/C16H12ClN3S/c17-11-5-3-6-12(9-11)21-16-13(15(18)19)8-10-4-1-2-7-14(10)20-16/h1-9H,(H3,18,19). The van der Waals surface area contributed by atoms with Crippen LogP contribution in [0.3, 0.4) is 0 Å². The van der Waals surface area contributed by atoms with Gasteiger partial charge in [-0.3, -0.25) is 5.41 Å². The molecule has 104 valence electrons. The smallest absolute Gasteiger partial charge is 0.125 e. The van der Waals surface area contributed by atoms with E-state index in [1.165, 1.54) is 11.8 Å². The molecule has 0 aliphatic heterocycles. The highest BCUT2D eigenvalue weighted by Gasteiger charge is 2.11. The minimum atomic E-state index is 0.0118. The third-order valence-corrected chi connectivity index (χ3v) is 4.22. The largest absolute Gasteiger partial charge is 0.384 e. The Labute approximate surface area is 131 Å². The normalized spacial score (nSPS) is 10.7. The first-order chi connectivity index (χ1) is 10.1. The van der Waals surface area contributed by atoms with Crippen LogP contribution in [0.1, 0.15) is 5.56 Å². The molecule has 21 heavy (non-hydrogen) atoms. The van der Waals surface area contributed by atoms with Crippen LogP contribution in [0.2, 0.25) is 5.02 Å². The topological polar surface area (TPSA) is 62.8 Å². The first-order valence-corrected chi connectivity index (χ1v) is 7.50. The zero-order valence-electron chi connectivity index (χ0n) is 11.0. The quantitative estimate of drug-likeness (QED) is 0.559. The summed E-state index contributed by atoms with van der Waals surface area (Å²) >= 11 is 7.46. The number of hydrogen-bond donors (Lipinski definition) is 2. The Bertz CT molecular complexity index is 833. The molecule has 3 nitrogen and oxygen atoms in total. The van der Waals surface area contributed by atoms with Gasteiger partial charge in [0, 0.05) is 20.9 Å². The second-order valence-corrected chi connectivity index (χ2v) is 6.01. The Morgan fingerprint density at radius 1 is 1.10 bits per heavy atom. The van der Waals surface area contributed by atoms with Crippen molar-refractivity contribution in [1.29, 1.82) is 5.41 Å². The highest BCUT2D eigenvalue weighted by molar-refractivity contribution is 7.99. The molecule has 0 saturated heterocycles. The summed E-state index contributed by atoms with van der Waals surface area (Å²) in [6.07, 6.45) is 0. The number of rotatable bonds is 3. The Kier molecular flexibility index (Phi) is 3.82. The molecule has 0 spiro atoms. The van der Waals surface area contributed by atoms with Crippen LogP contribution in [0.5, 0.6) is 0 Å². The van der Waals surface area contributed by atoms with Gasteiger partial charge in [0.1, 0.15) is 10.9 Å². The Balaban J connectivity index is 2.11. The highest BCUT2D eigenvalue weighted by atomic mass is 35.5. The van der Waals surface area contributed by atoms with Gasteiger partial charge in [-0.05, 0) is 30.3 Å². The van der Waals surface area contributed by atoms with Crippen molar-refractivity contribution in [1.82, 2.24) is 4.98 Å². The molecule has 2 aromatic carbocycles. The second kappa shape index (κ2) is 5.76. The molecule has 0 aliphatic rings. The number of amidine groups is 1. The SMILES string of the molecule is N=C(N)c1cc2ccccc2nc1Sc1cccc(Cl)c1. The number of nitrogens with zero attached hydrogens (tertiary/aromatic N) is 1. The fraction of sp³-hybridized carbons (Fsp3) is 0. The van der Waals surface area contributed by atoms with Gasteiger partial charge in [0.25, 0.3) is 0 Å². The molecular formula is C16H12ClN3S. The predicted octanol–water partition coefficient (Wildman–Crippen LogP) is 4.32. The molecule has 0 amide bonds. The molecular weight excluding hydrogens is 302 g/mol. The highest BCUT2D eigenvalue weighted by Crippen LogP contribution is 2.32. The van der Waals surface area contributed by atoms with Gasteiger partial charge in [0.05, 0.1) is 5.52 Å². The Morgan fingerprint density at radius 2 is 1.90 bits per heavy atom. The summed E-state index contributed by atoms with van der Waals surface area (Å²) in [5.74, 6) is 0.0118. The fourth-order valence-corrected chi connectivity index (χ4v) is 3.24. The van der Waals surface area contributed by atoms with E-state index < -0.39 is 0 Å². The maximum absolute atomic E-state index is 7.76. The minimum absolute atomic E-state index is 0.0118. The van der Waals surface area contributed by atoms with Gasteiger partial charge in [0.2, 0.25) is 0 Å². The lowest BCUT2D eigenvalue weighted by atomic mass is 10.1. The molecule has 3 aromatic rings. The van der Waals surface area contributed by atoms with Crippen LogP contribution in [0.4, 0.5) is 0 Å². The van der Waals surface area contributed by atoms with Crippen molar-refractivity contribution in [3.05, 3.63) is 65.2 Å². The van der Waals surface area contributed by atoms with Crippen LogP contribution in [0.15, 0.2) is 64.5 Å². The van der Waals surface area contributed by atoms with Gasteiger partial charge >= 0.3 is 0 Å². The summed E-state index contributed by atoms with van der Waals surface area (Å²) in [6.45, 7) is 0. The molecule has 0 unspecified atom stereocenters. The van der Waals surface area contributed by atoms with E-state index in [4.69, 9.17) is 22.7 Å². The first-order valence-electron chi connectivity index (χ1n) is 6.31. The lowest BCUT2D eigenvalue weighted by molar-refractivity contribution is 1.16. The van der Waals surface area contributed by atoms with E-state index in [0.717, 1.165) is 15.8 Å². The van der Waals surface area contributed by atoms with Crippen LogP contribution in [0.25, 0.3) is 10.9 Å². The molecule has 3 rings (SSSR count). The van der Waals surface area contributed by atoms with Crippen molar-refractivity contribution in [3.8, 4) is 0 Å². The Hall–Kier alpha value is -2.04. The fourth-order valence-electron chi connectivity index (χ4n) is 2.01. The van der Waals surface area contributed by atoms with Crippen molar-refractivity contribution in [2.75, 3.05) is 0 Å². The van der Waals surface area contributed by atoms with E-state index in [9.17, 15) is 0 Å². The van der Waals surface area contributed by atoms with E-state index in [2.05, 4.69) is 4.98 Å². The minimum Gasteiger partial charge on any atom is -0.384 e. The monoisotopic (exact) mass is 313 g/mol. The van der Waals surface area contributed by atoms with Gasteiger partial charge in [-0.1, -0.05) is 47.6 Å². The van der Waals surface area contributed by atoms with Crippen molar-refractivity contribution in [3.63, 3.8) is 0 Å². The predicted molar refractivity (Wildman–Crippen MR) is 88.3 cm³/mol. The molecule has 1 aromatic heterocycles. The number of benzene rings is 2. The van der Waals surface area contributed by atoms with Gasteiger partial charge in [-0.15, -0.1) is 0 Å². The number of nitrogen functional groups attached to an aromatic ring is 1. The molecule has 3 N–H and O–H groups in total. The molecule has 0 bridgehead atoms. The zero-order valence-corrected chi connectivity index (χ0v) is 12.6. The third kappa shape index (κ3) is 3.01. The maximum atomic E-state index is 7.76. The molecule has 1 heterocycles. The lowest BCUT2D eigenvalue weighted by Gasteiger charge is -2.09. The Morgan fingerprint density at radius 3 is 2.67 bits per heavy atom. The summed E-state index contributed by atoms with van der Waals surface area (Å²) < 4.78 is 0. The summed E-state index contributed by atoms with van der Waals surface area (Å²) in [7, 11) is 0. The van der Waals surface area contributed by atoms with Crippen LogP contribution in [0, 0.1) is 5.41 Å². The number of fused-ring (bicyclic) bond motifs is 1. The molecule has 5 heteroatoms. The molecule has 0 fully saturated rings. The van der Waals surface area contributed by atoms with Gasteiger partial charge in [-0.25, -0.2) is 4.98 Å². The number of aromatic nitrogens is 1. The zero-order chi connectivity index (χ0) is 14.8. The second-order valence-electron chi connectivity index (χ2n) is 4.51. The van der Waals surface area contributed by atoms with Gasteiger partial charge < -0.3 is 5.73 Å². The summed E-state index contributed by atoms with van der Waals surface area (Å²) in [5, 5.41) is 10.1. The number of nitrogens with one attached hydrogen (secondary N) is 1. The maximum Gasteiger partial charge on any atom is 0.125 e. The van der Waals surface area contributed by atoms with E-state index >= 15 is 0 Å². The van der Waals surface area contributed by atoms with Crippen molar-refractivity contribution in [2.45, 2.75) is 9.92 Å². The number of nitrogens with two attached hydrogens (primary N) is 1. The summed E-state index contributed by atoms with van der Waals surface area (Å²) in [5.41, 5.74) is 7.21. The van der Waals surface area contributed by atoms with Crippen LogP contribution in [-0.4, -0.2) is 10.8 Å². The average molecular weight is 314 g/mol. The van der Waals surface area contributed by atoms with Crippen LogP contribution < -0.4 is 5.73 Å². The van der Waals surface area contributed by atoms with Crippen LogP contribution >= 0.6 is 23.4 Å². The van der Waals surface area contributed by atoms with Crippen molar-refractivity contribution < 1.29 is 0 Å². The van der Waals surface area contributed by atoms with Crippen molar-refractivity contribution >= 4 is 40.1 Å². The molecule has 0 aliphatic carbocycles. The third-order valence-electron chi connectivity index (χ3n) is 2.99. The number of hydrogen-bond acceptors (Lipinski definition) is 3. The number of para-hydroxylation sites is 1. The molecule has 0 atom stereocenters. The van der Waals surface area contributed by atoms with Crippen LogP contribution in [-0.2, 0) is 0 Å². The average Bonchev–Trinajstić information content (AvgIpc) is 2.46. The van der Waals surface area contributed by atoms with Crippen molar-refractivity contribution in [2.24, 2.45) is 5.73 Å². The van der Waals surface area contributed by atoms with Gasteiger partial charge in [0.15, 0.2) is 0 Å².